The van der Waals surface area contributed by atoms with Gasteiger partial charge in [-0.3, -0.25) is 0 Å². The predicted octanol–water partition coefficient (Wildman–Crippen LogP) is 5.50. The van der Waals surface area contributed by atoms with E-state index < -0.39 is 0 Å². The number of nitrogen functional groups attached to an aromatic ring is 1. The third-order valence-electron chi connectivity index (χ3n) is 6.15. The number of nitrogens with two attached hydrogens (primary N) is 1. The van der Waals surface area contributed by atoms with Gasteiger partial charge in [-0.1, -0.05) is 29.8 Å². The Morgan fingerprint density at radius 3 is 2.71 bits per heavy atom. The Morgan fingerprint density at radius 2 is 1.89 bits per heavy atom. The van der Waals surface area contributed by atoms with E-state index in [2.05, 4.69) is 19.5 Å². The molecule has 5 aromatic rings. The Balaban J connectivity index is 1.38. The van der Waals surface area contributed by atoms with Gasteiger partial charge in [0.1, 0.15) is 18.2 Å². The minimum atomic E-state index is -0.304. The first-order valence-corrected chi connectivity index (χ1v) is 11.6. The van der Waals surface area contributed by atoms with E-state index in [1.54, 1.807) is 30.5 Å². The Kier molecular flexibility index (Phi) is 5.30. The van der Waals surface area contributed by atoms with Gasteiger partial charge in [-0.2, -0.15) is 0 Å². The number of para-hydroxylation sites is 1. The zero-order chi connectivity index (χ0) is 23.9. The largest absolute Gasteiger partial charge is 0.475 e. The highest BCUT2D eigenvalue weighted by atomic mass is 35.5. The fourth-order valence-corrected chi connectivity index (χ4v) is 4.81. The number of anilines is 1. The molecule has 6 rings (SSSR count). The highest BCUT2D eigenvalue weighted by molar-refractivity contribution is 6.35. The molecule has 35 heavy (non-hydrogen) atoms. The van der Waals surface area contributed by atoms with E-state index in [0.29, 0.717) is 23.2 Å². The molecule has 2 aromatic carbocycles. The summed E-state index contributed by atoms with van der Waals surface area (Å²) in [6.45, 7) is 0.376. The SMILES string of the molecule is Nc1nccc(-c2c(-c3ccc(F)cc3)nc3n2C(COc2cc(Cl)c4ccccc4n2)CC3)n1. The summed E-state index contributed by atoms with van der Waals surface area (Å²) < 4.78 is 21.9. The van der Waals surface area contributed by atoms with Crippen molar-refractivity contribution in [3.8, 4) is 28.5 Å². The van der Waals surface area contributed by atoms with Gasteiger partial charge in [0.2, 0.25) is 11.8 Å². The monoisotopic (exact) mass is 486 g/mol. The average molecular weight is 487 g/mol. The second-order valence-electron chi connectivity index (χ2n) is 8.37. The lowest BCUT2D eigenvalue weighted by Gasteiger charge is -2.18. The van der Waals surface area contributed by atoms with Gasteiger partial charge in [-0.05, 0) is 42.8 Å². The number of halogens is 2. The second-order valence-corrected chi connectivity index (χ2v) is 8.77. The van der Waals surface area contributed by atoms with Gasteiger partial charge in [-0.25, -0.2) is 24.3 Å². The summed E-state index contributed by atoms with van der Waals surface area (Å²) in [6, 6.07) is 17.5. The van der Waals surface area contributed by atoms with E-state index in [9.17, 15) is 4.39 Å². The maximum atomic E-state index is 13.6. The fraction of sp³-hybridized carbons (Fsp3) is 0.154. The van der Waals surface area contributed by atoms with Crippen molar-refractivity contribution in [2.24, 2.45) is 0 Å². The fourth-order valence-electron chi connectivity index (χ4n) is 4.56. The van der Waals surface area contributed by atoms with Crippen LogP contribution in [0.3, 0.4) is 0 Å². The first kappa shape index (κ1) is 21.5. The van der Waals surface area contributed by atoms with Gasteiger partial charge in [0.05, 0.1) is 33.7 Å². The first-order chi connectivity index (χ1) is 17.1. The smallest absolute Gasteiger partial charge is 0.220 e. The molecule has 1 aliphatic rings. The summed E-state index contributed by atoms with van der Waals surface area (Å²) >= 11 is 6.45. The lowest BCUT2D eigenvalue weighted by atomic mass is 10.1. The molecule has 9 heteroatoms. The Bertz CT molecular complexity index is 1550. The quantitative estimate of drug-likeness (QED) is 0.353. The number of aromatic nitrogens is 5. The third kappa shape index (κ3) is 3.95. The normalized spacial score (nSPS) is 14.9. The van der Waals surface area contributed by atoms with Crippen LogP contribution >= 0.6 is 11.6 Å². The van der Waals surface area contributed by atoms with E-state index in [-0.39, 0.29) is 17.8 Å². The molecule has 174 valence electrons. The van der Waals surface area contributed by atoms with Crippen LogP contribution in [0.4, 0.5) is 10.3 Å². The molecule has 0 fully saturated rings. The van der Waals surface area contributed by atoms with Gasteiger partial charge in [0.15, 0.2) is 0 Å². The van der Waals surface area contributed by atoms with E-state index in [0.717, 1.165) is 46.5 Å². The maximum Gasteiger partial charge on any atom is 0.220 e. The molecule has 4 heterocycles. The summed E-state index contributed by atoms with van der Waals surface area (Å²) in [6.07, 6.45) is 3.24. The van der Waals surface area contributed by atoms with Crippen LogP contribution in [0.2, 0.25) is 5.02 Å². The van der Waals surface area contributed by atoms with Crippen LogP contribution in [0.15, 0.2) is 66.9 Å². The lowest BCUT2D eigenvalue weighted by Crippen LogP contribution is -2.16. The van der Waals surface area contributed by atoms with Crippen molar-refractivity contribution in [3.63, 3.8) is 0 Å². The number of imidazole rings is 1. The second kappa shape index (κ2) is 8.63. The summed E-state index contributed by atoms with van der Waals surface area (Å²) in [4.78, 5) is 18.0. The van der Waals surface area contributed by atoms with Crippen molar-refractivity contribution in [1.29, 1.82) is 0 Å². The standard InChI is InChI=1S/C26H20ClFN6O/c27-19-13-23(31-20-4-2-1-3-18(19)20)35-14-17-9-10-22-33-24(15-5-7-16(28)8-6-15)25(34(17)22)21-11-12-30-26(29)32-21/h1-8,11-13,17H,9-10,14H2,(H2,29,30,32). The summed E-state index contributed by atoms with van der Waals surface area (Å²) in [7, 11) is 0. The molecule has 0 spiro atoms. The Labute approximate surface area is 205 Å². The molecule has 0 bridgehead atoms. The van der Waals surface area contributed by atoms with Crippen molar-refractivity contribution in [2.45, 2.75) is 18.9 Å². The van der Waals surface area contributed by atoms with Gasteiger partial charge < -0.3 is 15.0 Å². The number of aryl methyl sites for hydroxylation is 1. The van der Waals surface area contributed by atoms with Gasteiger partial charge in [-0.15, -0.1) is 0 Å². The lowest BCUT2D eigenvalue weighted by molar-refractivity contribution is 0.248. The minimum Gasteiger partial charge on any atom is -0.475 e. The summed E-state index contributed by atoms with van der Waals surface area (Å²) in [5.74, 6) is 1.24. The molecule has 0 aliphatic carbocycles. The van der Waals surface area contributed by atoms with Crippen molar-refractivity contribution in [1.82, 2.24) is 24.5 Å². The predicted molar refractivity (Wildman–Crippen MR) is 133 cm³/mol. The number of benzene rings is 2. The molecule has 7 nitrogen and oxygen atoms in total. The molecule has 2 N–H and O–H groups in total. The topological polar surface area (TPSA) is 91.7 Å². The highest BCUT2D eigenvalue weighted by Gasteiger charge is 2.31. The van der Waals surface area contributed by atoms with Crippen molar-refractivity contribution in [3.05, 3.63) is 83.5 Å². The van der Waals surface area contributed by atoms with Crippen LogP contribution < -0.4 is 10.5 Å². The Morgan fingerprint density at radius 1 is 1.06 bits per heavy atom. The van der Waals surface area contributed by atoms with E-state index in [1.807, 2.05) is 24.3 Å². The molecule has 0 radical (unpaired) electrons. The average Bonchev–Trinajstić information content (AvgIpc) is 3.43. The molecule has 1 unspecified atom stereocenters. The molecule has 0 saturated heterocycles. The number of nitrogens with zero attached hydrogens (tertiary/aromatic N) is 5. The molecule has 3 aromatic heterocycles. The molecule has 0 saturated carbocycles. The summed E-state index contributed by atoms with van der Waals surface area (Å²) in [5, 5.41) is 1.47. The molecule has 1 aliphatic heterocycles. The first-order valence-electron chi connectivity index (χ1n) is 11.2. The van der Waals surface area contributed by atoms with E-state index >= 15 is 0 Å². The van der Waals surface area contributed by atoms with E-state index in [4.69, 9.17) is 27.1 Å². The van der Waals surface area contributed by atoms with E-state index in [1.165, 1.54) is 12.1 Å². The van der Waals surface area contributed by atoms with Crippen molar-refractivity contribution in [2.75, 3.05) is 12.3 Å². The minimum absolute atomic E-state index is 0.00932. The maximum absolute atomic E-state index is 13.6. The number of rotatable bonds is 5. The van der Waals surface area contributed by atoms with Crippen LogP contribution in [-0.2, 0) is 6.42 Å². The molecular formula is C26H20ClFN6O. The van der Waals surface area contributed by atoms with Crippen LogP contribution in [-0.4, -0.2) is 31.1 Å². The number of pyridine rings is 1. The van der Waals surface area contributed by atoms with Crippen LogP contribution in [0.5, 0.6) is 5.88 Å². The molecular weight excluding hydrogens is 467 g/mol. The third-order valence-corrected chi connectivity index (χ3v) is 6.46. The van der Waals surface area contributed by atoms with Gasteiger partial charge in [0, 0.05) is 29.6 Å². The zero-order valence-electron chi connectivity index (χ0n) is 18.5. The molecule has 0 amide bonds. The van der Waals surface area contributed by atoms with Crippen molar-refractivity contribution >= 4 is 28.5 Å². The van der Waals surface area contributed by atoms with Crippen LogP contribution in [0, 0.1) is 5.82 Å². The van der Waals surface area contributed by atoms with Crippen LogP contribution in [0.1, 0.15) is 18.3 Å². The number of fused-ring (bicyclic) bond motifs is 2. The number of hydrogen-bond acceptors (Lipinski definition) is 6. The zero-order valence-corrected chi connectivity index (χ0v) is 19.3. The van der Waals surface area contributed by atoms with Crippen LogP contribution in [0.25, 0.3) is 33.5 Å². The highest BCUT2D eigenvalue weighted by Crippen LogP contribution is 2.39. The Hall–Kier alpha value is -4.04. The number of ether oxygens (including phenoxy) is 1. The van der Waals surface area contributed by atoms with Gasteiger partial charge in [0.25, 0.3) is 0 Å². The van der Waals surface area contributed by atoms with Gasteiger partial charge >= 0.3 is 0 Å². The summed E-state index contributed by atoms with van der Waals surface area (Å²) in [5.41, 5.74) is 9.64. The molecule has 1 atom stereocenters. The number of hydrogen-bond donors (Lipinski definition) is 1. The van der Waals surface area contributed by atoms with Crippen molar-refractivity contribution < 1.29 is 9.13 Å².